The summed E-state index contributed by atoms with van der Waals surface area (Å²) < 4.78 is 18.9. The molecule has 0 saturated heterocycles. The van der Waals surface area contributed by atoms with Crippen LogP contribution in [-0.4, -0.2) is 7.32 Å². The van der Waals surface area contributed by atoms with Gasteiger partial charge in [-0.2, -0.15) is 0 Å². The second-order valence-corrected chi connectivity index (χ2v) is 8.85. The van der Waals surface area contributed by atoms with Crippen LogP contribution in [0.1, 0.15) is 0 Å². The van der Waals surface area contributed by atoms with Crippen LogP contribution in [0.15, 0.2) is 36.4 Å². The normalized spacial score (nSPS) is 10.5. The molecule has 0 radical (unpaired) electrons. The molecular weight excluding hydrogens is 406 g/mol. The molecule has 0 unspecified atom stereocenters. The molecule has 0 aliphatic heterocycles. The van der Waals surface area contributed by atoms with Gasteiger partial charge in [-0.1, -0.05) is 68.8 Å². The second kappa shape index (κ2) is 7.34. The Morgan fingerprint density at radius 2 is 0.909 bits per heavy atom. The van der Waals surface area contributed by atoms with Gasteiger partial charge < -0.3 is 14.0 Å². The van der Waals surface area contributed by atoms with E-state index in [0.717, 1.165) is 0 Å². The molecule has 3 aromatic heterocycles. The zero-order valence-electron chi connectivity index (χ0n) is 10.6. The number of rotatable bonds is 6. The Balaban J connectivity index is 1.74. The van der Waals surface area contributed by atoms with Crippen LogP contribution in [0.4, 0.5) is 0 Å². The van der Waals surface area contributed by atoms with Crippen molar-refractivity contribution in [2.45, 2.75) is 0 Å². The van der Waals surface area contributed by atoms with Crippen molar-refractivity contribution in [1.82, 2.24) is 0 Å². The summed E-state index contributed by atoms with van der Waals surface area (Å²) in [6.07, 6.45) is 0. The molecule has 3 rings (SSSR count). The van der Waals surface area contributed by atoms with Crippen molar-refractivity contribution in [1.29, 1.82) is 0 Å². The van der Waals surface area contributed by atoms with Crippen LogP contribution in [-0.2, 0) is 0 Å². The lowest BCUT2D eigenvalue weighted by atomic mass is 10.2. The smallest absolute Gasteiger partial charge is 0.481 e. The summed E-state index contributed by atoms with van der Waals surface area (Å²) in [5.74, 6) is 0. The maximum Gasteiger partial charge on any atom is 0.865 e. The number of hydrogen-bond donors (Lipinski definition) is 0. The van der Waals surface area contributed by atoms with E-state index in [-0.39, 0.29) is 0 Å². The quantitative estimate of drug-likeness (QED) is 0.442. The Bertz CT molecular complexity index is 657. The summed E-state index contributed by atoms with van der Waals surface area (Å²) in [5, 5.41) is 1.75. The Kier molecular flexibility index (Phi) is 5.44. The lowest BCUT2D eigenvalue weighted by molar-refractivity contribution is 0.319. The van der Waals surface area contributed by atoms with Crippen molar-refractivity contribution in [3.63, 3.8) is 0 Å². The maximum atomic E-state index is 5.90. The molecule has 0 amide bonds. The summed E-state index contributed by atoms with van der Waals surface area (Å²) in [7, 11) is -0.973. The van der Waals surface area contributed by atoms with E-state index < -0.39 is 7.32 Å². The molecule has 0 atom stereocenters. The number of hydrogen-bond acceptors (Lipinski definition) is 6. The molecule has 114 valence electrons. The first kappa shape index (κ1) is 16.3. The minimum atomic E-state index is -0.973. The molecule has 0 N–H and O–H groups in total. The fraction of sp³-hybridized carbons (Fsp3) is 0. The van der Waals surface area contributed by atoms with E-state index in [1.165, 1.54) is 34.0 Å². The molecule has 3 nitrogen and oxygen atoms in total. The van der Waals surface area contributed by atoms with Gasteiger partial charge in [0, 0.05) is 0 Å². The minimum Gasteiger partial charge on any atom is -0.481 e. The van der Waals surface area contributed by atoms with E-state index in [0.29, 0.717) is 28.2 Å². The van der Waals surface area contributed by atoms with Crippen molar-refractivity contribution < 1.29 is 14.0 Å². The van der Waals surface area contributed by atoms with Gasteiger partial charge >= 0.3 is 7.32 Å². The van der Waals surface area contributed by atoms with E-state index in [4.69, 9.17) is 48.8 Å². The standard InChI is InChI=1S/C12H6BCl3O3S3/c14-7-1-4-10(20-7)17-13(18-11-5-2-8(15)21-11)19-12-6-3-9(16)22-12/h1-6H. The van der Waals surface area contributed by atoms with Gasteiger partial charge in [0.15, 0.2) is 15.2 Å². The highest BCUT2D eigenvalue weighted by molar-refractivity contribution is 7.19. The van der Waals surface area contributed by atoms with Gasteiger partial charge in [0.05, 0.1) is 13.0 Å². The predicted molar refractivity (Wildman–Crippen MR) is 95.6 cm³/mol. The van der Waals surface area contributed by atoms with Gasteiger partial charge in [-0.05, 0) is 36.4 Å². The molecule has 0 bridgehead atoms. The van der Waals surface area contributed by atoms with Crippen molar-refractivity contribution in [2.75, 3.05) is 0 Å². The maximum absolute atomic E-state index is 5.90. The van der Waals surface area contributed by atoms with Gasteiger partial charge in [0.1, 0.15) is 0 Å². The largest absolute Gasteiger partial charge is 0.865 e. The molecule has 0 spiro atoms. The SMILES string of the molecule is Clc1ccc(OB(Oc2ccc(Cl)s2)Oc2ccc(Cl)s2)s1. The van der Waals surface area contributed by atoms with Gasteiger partial charge in [-0.15, -0.1) is 0 Å². The minimum absolute atomic E-state index is 0.584. The highest BCUT2D eigenvalue weighted by Crippen LogP contribution is 2.33. The van der Waals surface area contributed by atoms with Gasteiger partial charge in [0.25, 0.3) is 0 Å². The van der Waals surface area contributed by atoms with Crippen LogP contribution in [0.5, 0.6) is 15.2 Å². The molecule has 10 heteroatoms. The molecule has 0 aliphatic carbocycles. The number of thiophene rings is 3. The van der Waals surface area contributed by atoms with Gasteiger partial charge in [-0.25, -0.2) is 0 Å². The monoisotopic (exact) mass is 410 g/mol. The van der Waals surface area contributed by atoms with Crippen LogP contribution >= 0.6 is 68.8 Å². The second-order valence-electron chi connectivity index (χ2n) is 3.82. The zero-order valence-corrected chi connectivity index (χ0v) is 15.3. The van der Waals surface area contributed by atoms with Crippen molar-refractivity contribution in [3.05, 3.63) is 49.4 Å². The summed E-state index contributed by atoms with van der Waals surface area (Å²) in [6, 6.07) is 10.5. The molecule has 22 heavy (non-hydrogen) atoms. The third kappa shape index (κ3) is 4.47. The highest BCUT2D eigenvalue weighted by Gasteiger charge is 2.32. The fourth-order valence-electron chi connectivity index (χ4n) is 1.44. The molecule has 0 saturated carbocycles. The van der Waals surface area contributed by atoms with Gasteiger partial charge in [-0.3, -0.25) is 0 Å². The first-order valence-corrected chi connectivity index (χ1v) is 9.43. The van der Waals surface area contributed by atoms with E-state index in [2.05, 4.69) is 0 Å². The van der Waals surface area contributed by atoms with Crippen LogP contribution < -0.4 is 14.0 Å². The van der Waals surface area contributed by atoms with E-state index >= 15 is 0 Å². The highest BCUT2D eigenvalue weighted by atomic mass is 35.5. The Morgan fingerprint density at radius 1 is 0.591 bits per heavy atom. The van der Waals surface area contributed by atoms with Gasteiger partial charge in [0.2, 0.25) is 0 Å². The summed E-state index contributed by atoms with van der Waals surface area (Å²) in [5.41, 5.74) is 0. The van der Waals surface area contributed by atoms with E-state index in [1.807, 2.05) is 0 Å². The fourth-order valence-corrected chi connectivity index (χ4v) is 4.09. The first-order valence-electron chi connectivity index (χ1n) is 5.84. The number of halogens is 3. The Hall–Kier alpha value is -0.565. The average Bonchev–Trinajstić information content (AvgIpc) is 3.14. The van der Waals surface area contributed by atoms with Crippen molar-refractivity contribution in [2.24, 2.45) is 0 Å². The summed E-state index contributed by atoms with van der Waals surface area (Å²) in [4.78, 5) is 0. The van der Waals surface area contributed by atoms with Crippen molar-refractivity contribution >= 4 is 76.1 Å². The molecular formula is C12H6BCl3O3S3. The lowest BCUT2D eigenvalue weighted by Crippen LogP contribution is -2.36. The molecule has 3 heterocycles. The summed E-state index contributed by atoms with van der Waals surface area (Å²) >= 11 is 21.5. The van der Waals surface area contributed by atoms with Crippen LogP contribution in [0.3, 0.4) is 0 Å². The molecule has 3 aromatic rings. The third-order valence-electron chi connectivity index (χ3n) is 2.28. The third-order valence-corrected chi connectivity index (χ3v) is 5.65. The molecule has 0 aliphatic rings. The topological polar surface area (TPSA) is 27.7 Å². The molecule has 0 aromatic carbocycles. The van der Waals surface area contributed by atoms with Crippen LogP contribution in [0.25, 0.3) is 0 Å². The Labute approximate surface area is 154 Å². The lowest BCUT2D eigenvalue weighted by Gasteiger charge is -2.12. The summed E-state index contributed by atoms with van der Waals surface area (Å²) in [6.45, 7) is 0. The predicted octanol–water partition coefficient (Wildman–Crippen LogP) is 6.35. The average molecular weight is 412 g/mol. The van der Waals surface area contributed by atoms with E-state index in [1.54, 1.807) is 36.4 Å². The Morgan fingerprint density at radius 3 is 1.14 bits per heavy atom. The van der Waals surface area contributed by atoms with E-state index in [9.17, 15) is 0 Å². The zero-order chi connectivity index (χ0) is 15.5. The van der Waals surface area contributed by atoms with Crippen LogP contribution in [0.2, 0.25) is 13.0 Å². The molecule has 0 fully saturated rings. The van der Waals surface area contributed by atoms with Crippen LogP contribution in [0, 0.1) is 0 Å². The van der Waals surface area contributed by atoms with Crippen molar-refractivity contribution in [3.8, 4) is 15.2 Å². The first-order chi connectivity index (χ1) is 10.6.